The summed E-state index contributed by atoms with van der Waals surface area (Å²) in [4.78, 5) is 25.7. The molecule has 1 aliphatic carbocycles. The lowest BCUT2D eigenvalue weighted by atomic mass is 9.94. The van der Waals surface area contributed by atoms with Gasteiger partial charge in [0, 0.05) is 19.5 Å². The summed E-state index contributed by atoms with van der Waals surface area (Å²) in [5.74, 6) is -0.0322. The van der Waals surface area contributed by atoms with Crippen LogP contribution < -0.4 is 5.32 Å². The highest BCUT2D eigenvalue weighted by Crippen LogP contribution is 2.22. The number of hydrogen-bond acceptors (Lipinski definition) is 2. The quantitative estimate of drug-likeness (QED) is 0.786. The van der Waals surface area contributed by atoms with Crippen LogP contribution in [0.2, 0.25) is 0 Å². The molecule has 4 nitrogen and oxygen atoms in total. The fraction of sp³-hybridized carbons (Fsp3) is 0.579. The summed E-state index contributed by atoms with van der Waals surface area (Å²) in [6.45, 7) is 2.42. The van der Waals surface area contributed by atoms with E-state index in [4.69, 9.17) is 0 Å². The minimum atomic E-state index is -0.0427. The van der Waals surface area contributed by atoms with Crippen molar-refractivity contribution in [2.45, 2.75) is 57.9 Å². The van der Waals surface area contributed by atoms with E-state index in [0.717, 1.165) is 38.5 Å². The van der Waals surface area contributed by atoms with Crippen LogP contribution in [0.15, 0.2) is 30.3 Å². The molecule has 0 unspecified atom stereocenters. The minimum absolute atomic E-state index is 0.0105. The lowest BCUT2D eigenvalue weighted by Gasteiger charge is -2.33. The van der Waals surface area contributed by atoms with Gasteiger partial charge in [0.15, 0.2) is 0 Å². The van der Waals surface area contributed by atoms with E-state index < -0.39 is 0 Å². The maximum atomic E-state index is 12.1. The van der Waals surface area contributed by atoms with Crippen molar-refractivity contribution in [1.29, 1.82) is 0 Å². The summed E-state index contributed by atoms with van der Waals surface area (Å²) in [6.07, 6.45) is 7.50. The van der Waals surface area contributed by atoms with Crippen LogP contribution in [0.4, 0.5) is 0 Å². The van der Waals surface area contributed by atoms with E-state index in [0.29, 0.717) is 6.54 Å². The van der Waals surface area contributed by atoms with Crippen LogP contribution in [0.25, 0.3) is 0 Å². The molecule has 0 spiro atoms. The first-order chi connectivity index (χ1) is 11.2. The Hall–Kier alpha value is -1.84. The van der Waals surface area contributed by atoms with Gasteiger partial charge in [-0.3, -0.25) is 9.59 Å². The molecule has 1 saturated carbocycles. The van der Waals surface area contributed by atoms with Gasteiger partial charge >= 0.3 is 0 Å². The van der Waals surface area contributed by atoms with Crippen LogP contribution in [0, 0.1) is 0 Å². The van der Waals surface area contributed by atoms with Gasteiger partial charge < -0.3 is 10.2 Å². The second-order valence-corrected chi connectivity index (χ2v) is 6.38. The molecule has 0 heterocycles. The Morgan fingerprint density at radius 1 is 1.13 bits per heavy atom. The maximum Gasteiger partial charge on any atom is 0.239 e. The molecule has 2 amide bonds. The molecule has 1 fully saturated rings. The lowest BCUT2D eigenvalue weighted by molar-refractivity contribution is -0.137. The van der Waals surface area contributed by atoms with E-state index in [1.807, 2.05) is 18.2 Å². The van der Waals surface area contributed by atoms with E-state index in [1.165, 1.54) is 12.0 Å². The van der Waals surface area contributed by atoms with Gasteiger partial charge in [0.1, 0.15) is 0 Å². The molecule has 1 aliphatic rings. The Labute approximate surface area is 139 Å². The Balaban J connectivity index is 1.70. The second-order valence-electron chi connectivity index (χ2n) is 6.38. The topological polar surface area (TPSA) is 49.4 Å². The van der Waals surface area contributed by atoms with E-state index in [2.05, 4.69) is 17.4 Å². The largest absolute Gasteiger partial charge is 0.355 e. The van der Waals surface area contributed by atoms with Crippen molar-refractivity contribution in [2.75, 3.05) is 13.1 Å². The van der Waals surface area contributed by atoms with Crippen LogP contribution >= 0.6 is 0 Å². The Kier molecular flexibility index (Phi) is 7.11. The molecule has 1 N–H and O–H groups in total. The van der Waals surface area contributed by atoms with Crippen LogP contribution in [0.5, 0.6) is 0 Å². The molecule has 0 aliphatic heterocycles. The molecule has 2 rings (SSSR count). The SMILES string of the molecule is CC(=O)N(CC(=O)NCCCc1ccccc1)C1CCCCC1. The van der Waals surface area contributed by atoms with E-state index >= 15 is 0 Å². The summed E-state index contributed by atoms with van der Waals surface area (Å²) in [5, 5.41) is 2.94. The van der Waals surface area contributed by atoms with Gasteiger partial charge in [0.2, 0.25) is 11.8 Å². The molecule has 0 radical (unpaired) electrons. The van der Waals surface area contributed by atoms with Gasteiger partial charge in [-0.15, -0.1) is 0 Å². The number of nitrogens with zero attached hydrogens (tertiary/aromatic N) is 1. The van der Waals surface area contributed by atoms with Crippen molar-refractivity contribution in [1.82, 2.24) is 10.2 Å². The van der Waals surface area contributed by atoms with Crippen LogP contribution in [-0.4, -0.2) is 35.8 Å². The van der Waals surface area contributed by atoms with Crippen LogP contribution in [0.3, 0.4) is 0 Å². The zero-order valence-electron chi connectivity index (χ0n) is 14.1. The third-order valence-corrected chi connectivity index (χ3v) is 4.54. The fourth-order valence-corrected chi connectivity index (χ4v) is 3.27. The van der Waals surface area contributed by atoms with Crippen molar-refractivity contribution in [3.8, 4) is 0 Å². The van der Waals surface area contributed by atoms with Crippen molar-refractivity contribution in [3.05, 3.63) is 35.9 Å². The molecule has 0 saturated heterocycles. The zero-order valence-corrected chi connectivity index (χ0v) is 14.1. The molecule has 0 atom stereocenters. The smallest absolute Gasteiger partial charge is 0.239 e. The van der Waals surface area contributed by atoms with Gasteiger partial charge in [-0.05, 0) is 31.2 Å². The van der Waals surface area contributed by atoms with Gasteiger partial charge in [0.25, 0.3) is 0 Å². The molecular weight excluding hydrogens is 288 g/mol. The highest BCUT2D eigenvalue weighted by atomic mass is 16.2. The standard InChI is InChI=1S/C19H28N2O2/c1-16(22)21(18-12-6-3-7-13-18)15-19(23)20-14-8-11-17-9-4-2-5-10-17/h2,4-5,9-10,18H,3,6-8,11-15H2,1H3,(H,20,23). The number of hydrogen-bond donors (Lipinski definition) is 1. The van der Waals surface area contributed by atoms with Crippen LogP contribution in [0.1, 0.15) is 51.0 Å². The molecular formula is C19H28N2O2. The third-order valence-electron chi connectivity index (χ3n) is 4.54. The second kappa shape index (κ2) is 9.33. The number of aryl methyl sites for hydroxylation is 1. The first-order valence-electron chi connectivity index (χ1n) is 8.74. The van der Waals surface area contributed by atoms with Crippen molar-refractivity contribution in [2.24, 2.45) is 0 Å². The fourth-order valence-electron chi connectivity index (χ4n) is 3.27. The summed E-state index contributed by atoms with van der Waals surface area (Å²) >= 11 is 0. The number of benzene rings is 1. The average molecular weight is 316 g/mol. The first kappa shape index (κ1) is 17.5. The normalized spacial score (nSPS) is 15.2. The number of carbonyl (C=O) groups is 2. The lowest BCUT2D eigenvalue weighted by Crippen LogP contribution is -2.46. The third kappa shape index (κ3) is 6.05. The van der Waals surface area contributed by atoms with E-state index in [1.54, 1.807) is 11.8 Å². The monoisotopic (exact) mass is 316 g/mol. The Bertz CT molecular complexity index is 495. The van der Waals surface area contributed by atoms with Gasteiger partial charge in [-0.25, -0.2) is 0 Å². The number of rotatable bonds is 7. The van der Waals surface area contributed by atoms with Crippen molar-refractivity contribution >= 4 is 11.8 Å². The van der Waals surface area contributed by atoms with Gasteiger partial charge in [0.05, 0.1) is 6.54 Å². The van der Waals surface area contributed by atoms with Crippen molar-refractivity contribution in [3.63, 3.8) is 0 Å². The highest BCUT2D eigenvalue weighted by Gasteiger charge is 2.24. The average Bonchev–Trinajstić information content (AvgIpc) is 2.58. The number of carbonyl (C=O) groups excluding carboxylic acids is 2. The number of amides is 2. The number of nitrogens with one attached hydrogen (secondary N) is 1. The molecule has 23 heavy (non-hydrogen) atoms. The van der Waals surface area contributed by atoms with E-state index in [-0.39, 0.29) is 24.4 Å². The summed E-state index contributed by atoms with van der Waals surface area (Å²) < 4.78 is 0. The van der Waals surface area contributed by atoms with Gasteiger partial charge in [-0.1, -0.05) is 49.6 Å². The highest BCUT2D eigenvalue weighted by molar-refractivity contribution is 5.83. The first-order valence-corrected chi connectivity index (χ1v) is 8.74. The minimum Gasteiger partial charge on any atom is -0.355 e. The molecule has 0 aromatic heterocycles. The molecule has 126 valence electrons. The molecule has 4 heteroatoms. The van der Waals surface area contributed by atoms with E-state index in [9.17, 15) is 9.59 Å². The predicted octanol–water partition coefficient (Wildman–Crippen LogP) is 2.92. The Morgan fingerprint density at radius 2 is 1.83 bits per heavy atom. The van der Waals surface area contributed by atoms with Gasteiger partial charge in [-0.2, -0.15) is 0 Å². The molecule has 1 aromatic carbocycles. The van der Waals surface area contributed by atoms with Crippen LogP contribution in [-0.2, 0) is 16.0 Å². The summed E-state index contributed by atoms with van der Waals surface area (Å²) in [7, 11) is 0. The molecule has 1 aromatic rings. The summed E-state index contributed by atoms with van der Waals surface area (Å²) in [6, 6.07) is 10.5. The maximum absolute atomic E-state index is 12.1. The molecule has 0 bridgehead atoms. The summed E-state index contributed by atoms with van der Waals surface area (Å²) in [5.41, 5.74) is 1.29. The Morgan fingerprint density at radius 3 is 2.48 bits per heavy atom. The van der Waals surface area contributed by atoms with Crippen molar-refractivity contribution < 1.29 is 9.59 Å². The predicted molar refractivity (Wildman–Crippen MR) is 92.0 cm³/mol. The zero-order chi connectivity index (χ0) is 16.5.